The van der Waals surface area contributed by atoms with E-state index in [0.29, 0.717) is 11.8 Å². The summed E-state index contributed by atoms with van der Waals surface area (Å²) in [7, 11) is 0. The van der Waals surface area contributed by atoms with Crippen LogP contribution in [0.25, 0.3) is 21.5 Å². The van der Waals surface area contributed by atoms with Crippen molar-refractivity contribution in [3.63, 3.8) is 0 Å². The molecule has 154 valence electrons. The van der Waals surface area contributed by atoms with Gasteiger partial charge in [-0.25, -0.2) is 0 Å². The van der Waals surface area contributed by atoms with Gasteiger partial charge >= 0.3 is 30.2 Å². The van der Waals surface area contributed by atoms with E-state index in [4.69, 9.17) is 0 Å². The van der Waals surface area contributed by atoms with Gasteiger partial charge in [-0.05, 0) is 11.8 Å². The molecule has 0 bridgehead atoms. The van der Waals surface area contributed by atoms with Gasteiger partial charge in [0, 0.05) is 0 Å². The standard InChI is InChI=1S/2C14H17.Si.Zr/c2*1-9(2)12-6-5-11(4)13-7-10(3)8-14(12)13;;/h2*5-9H,1-4H3;;/q2*-1;;+2. The molecule has 0 aliphatic heterocycles. The molecule has 4 aromatic rings. The van der Waals surface area contributed by atoms with E-state index in [9.17, 15) is 0 Å². The van der Waals surface area contributed by atoms with Crippen LogP contribution in [0.3, 0.4) is 0 Å². The normalized spacial score (nSPS) is 10.9. The number of benzene rings is 2. The Morgan fingerprint density at radius 2 is 0.967 bits per heavy atom. The van der Waals surface area contributed by atoms with Gasteiger partial charge in [0.1, 0.15) is 0 Å². The number of fused-ring (bicyclic) bond motifs is 2. The topological polar surface area (TPSA) is 0 Å². The molecule has 0 N–H and O–H groups in total. The van der Waals surface area contributed by atoms with Crippen LogP contribution in [0.5, 0.6) is 0 Å². The van der Waals surface area contributed by atoms with Crippen LogP contribution < -0.4 is 0 Å². The molecule has 0 unspecified atom stereocenters. The summed E-state index contributed by atoms with van der Waals surface area (Å²) in [5.41, 5.74) is 8.46. The number of aryl methyl sites for hydroxylation is 4. The fraction of sp³-hybridized carbons (Fsp3) is 0.357. The molecule has 0 fully saturated rings. The molecule has 0 saturated carbocycles. The van der Waals surface area contributed by atoms with Crippen LogP contribution in [-0.4, -0.2) is 6.88 Å². The molecule has 30 heavy (non-hydrogen) atoms. The zero-order chi connectivity index (χ0) is 22.6. The van der Waals surface area contributed by atoms with Gasteiger partial charge in [0.05, 0.1) is 0 Å². The number of rotatable bonds is 2. The average molecular weight is 490 g/mol. The Labute approximate surface area is 200 Å². The Kier molecular flexibility index (Phi) is 9.07. The minimum absolute atomic E-state index is 0.611. The Morgan fingerprint density at radius 3 is 1.27 bits per heavy atom. The van der Waals surface area contributed by atoms with Crippen molar-refractivity contribution in [3.8, 4) is 0 Å². The first-order chi connectivity index (χ1) is 14.2. The zero-order valence-electron chi connectivity index (χ0n) is 19.8. The van der Waals surface area contributed by atoms with E-state index in [2.05, 4.69) is 111 Å². The fourth-order valence-corrected chi connectivity index (χ4v) is 4.23. The van der Waals surface area contributed by atoms with Gasteiger partial charge in [-0.1, -0.05) is 78.6 Å². The first kappa shape index (κ1) is 25.0. The van der Waals surface area contributed by atoms with Crippen LogP contribution in [0.1, 0.15) is 72.9 Å². The molecule has 0 amide bonds. The van der Waals surface area contributed by atoms with Gasteiger partial charge in [0.25, 0.3) is 0 Å². The maximum atomic E-state index is 3.06. The first-order valence-corrected chi connectivity index (χ1v) is 15.0. The van der Waals surface area contributed by atoms with Crippen molar-refractivity contribution >= 4 is 28.4 Å². The summed E-state index contributed by atoms with van der Waals surface area (Å²) in [6, 6.07) is 18.2. The van der Waals surface area contributed by atoms with Gasteiger partial charge < -0.3 is 0 Å². The maximum absolute atomic E-state index is 3.06. The molecule has 0 heterocycles. The van der Waals surface area contributed by atoms with Gasteiger partial charge in [-0.15, -0.1) is 68.1 Å². The summed E-state index contributed by atoms with van der Waals surface area (Å²) in [6.07, 6.45) is 0. The van der Waals surface area contributed by atoms with Gasteiger partial charge in [0.2, 0.25) is 0 Å². The minimum atomic E-state index is 0.611. The van der Waals surface area contributed by atoms with Gasteiger partial charge in [-0.3, -0.25) is 0 Å². The molecular formula is C28H34SiZr. The molecule has 2 heteroatoms. The number of hydrogen-bond acceptors (Lipinski definition) is 0. The third-order valence-corrected chi connectivity index (χ3v) is 5.81. The van der Waals surface area contributed by atoms with Crippen LogP contribution in [0, 0.1) is 27.7 Å². The van der Waals surface area contributed by atoms with Crippen molar-refractivity contribution in [1.82, 2.24) is 0 Å². The summed E-state index contributed by atoms with van der Waals surface area (Å²) in [6.45, 7) is 20.8. The van der Waals surface area contributed by atoms with Gasteiger partial charge in [0.15, 0.2) is 0 Å². The molecule has 0 aliphatic carbocycles. The van der Waals surface area contributed by atoms with Crippen LogP contribution in [0.2, 0.25) is 0 Å². The van der Waals surface area contributed by atoms with Crippen molar-refractivity contribution in [2.24, 2.45) is 0 Å². The van der Waals surface area contributed by atoms with E-state index in [1.54, 1.807) is 0 Å². The molecule has 4 aromatic carbocycles. The molecule has 0 nitrogen and oxygen atoms in total. The third-order valence-electron chi connectivity index (χ3n) is 5.81. The van der Waals surface area contributed by atoms with E-state index in [1.807, 2.05) is 0 Å². The summed E-state index contributed by atoms with van der Waals surface area (Å²) < 4.78 is 0. The van der Waals surface area contributed by atoms with Crippen LogP contribution in [-0.2, 0) is 23.3 Å². The molecule has 0 aliphatic rings. The van der Waals surface area contributed by atoms with E-state index in [-0.39, 0.29) is 0 Å². The Balaban J connectivity index is 0.000000197. The summed E-state index contributed by atoms with van der Waals surface area (Å²) in [5.74, 6) is 1.22. The van der Waals surface area contributed by atoms with E-state index < -0.39 is 0 Å². The SMILES string of the molecule is Cc1cc2c(C(C)C)ccc(C)c2[cH-]1.Cc1cc2c(C(C)C)ccc(C)c2[cH-]1.[Si]=[Zr+2]. The monoisotopic (exact) mass is 488 g/mol. The Hall–Kier alpha value is -1.24. The summed E-state index contributed by atoms with van der Waals surface area (Å²) in [5, 5.41) is 5.73. The van der Waals surface area contributed by atoms with Gasteiger partial charge in [-0.2, -0.15) is 12.1 Å². The first-order valence-electron chi connectivity index (χ1n) is 10.8. The molecule has 0 spiro atoms. The molecule has 0 aromatic heterocycles. The Bertz CT molecular complexity index is 1030. The zero-order valence-corrected chi connectivity index (χ0v) is 23.2. The van der Waals surface area contributed by atoms with Crippen molar-refractivity contribution in [2.75, 3.05) is 0 Å². The van der Waals surface area contributed by atoms with Crippen molar-refractivity contribution in [2.45, 2.75) is 67.2 Å². The molecule has 0 atom stereocenters. The fourth-order valence-electron chi connectivity index (χ4n) is 4.23. The summed E-state index contributed by atoms with van der Waals surface area (Å²) in [4.78, 5) is 0. The van der Waals surface area contributed by atoms with Crippen LogP contribution >= 0.6 is 0 Å². The van der Waals surface area contributed by atoms with Crippen LogP contribution in [0.15, 0.2) is 48.5 Å². The van der Waals surface area contributed by atoms with Crippen molar-refractivity contribution < 1.29 is 23.3 Å². The van der Waals surface area contributed by atoms with Crippen LogP contribution in [0.4, 0.5) is 0 Å². The number of hydrogen-bond donors (Lipinski definition) is 0. The second kappa shape index (κ2) is 10.9. The van der Waals surface area contributed by atoms with E-state index in [0.717, 1.165) is 0 Å². The quantitative estimate of drug-likeness (QED) is 0.196. The van der Waals surface area contributed by atoms with E-state index in [1.165, 1.54) is 78.3 Å². The van der Waals surface area contributed by atoms with Crippen molar-refractivity contribution in [3.05, 3.63) is 81.9 Å². The molecule has 4 rings (SSSR count). The molecular weight excluding hydrogens is 456 g/mol. The third kappa shape index (κ3) is 5.51. The Morgan fingerprint density at radius 1 is 0.633 bits per heavy atom. The predicted octanol–water partition coefficient (Wildman–Crippen LogP) is 8.21. The summed E-state index contributed by atoms with van der Waals surface area (Å²) >= 11 is 1.36. The average Bonchev–Trinajstić information content (AvgIpc) is 3.27. The predicted molar refractivity (Wildman–Crippen MR) is 132 cm³/mol. The second-order valence-corrected chi connectivity index (χ2v) is 8.97. The second-order valence-electron chi connectivity index (χ2n) is 8.97. The molecule has 2 radical (unpaired) electrons. The molecule has 0 saturated heterocycles. The van der Waals surface area contributed by atoms with Crippen molar-refractivity contribution in [1.29, 1.82) is 0 Å². The van der Waals surface area contributed by atoms with E-state index >= 15 is 0 Å².